The summed E-state index contributed by atoms with van der Waals surface area (Å²) in [4.78, 5) is 20.7. The van der Waals surface area contributed by atoms with Gasteiger partial charge in [0.25, 0.3) is 0 Å². The Kier molecular flexibility index (Phi) is 6.89. The van der Waals surface area contributed by atoms with Gasteiger partial charge in [0.05, 0.1) is 16.7 Å². The molecule has 0 aromatic carbocycles. The molecule has 2 N–H and O–H groups in total. The van der Waals surface area contributed by atoms with Gasteiger partial charge in [-0.2, -0.15) is 0 Å². The highest BCUT2D eigenvalue weighted by Crippen LogP contribution is 2.28. The Balaban J connectivity index is 1.44. The number of aromatic nitrogens is 1. The van der Waals surface area contributed by atoms with E-state index in [1.807, 2.05) is 0 Å². The summed E-state index contributed by atoms with van der Waals surface area (Å²) in [5.41, 5.74) is 1.20. The lowest BCUT2D eigenvalue weighted by Crippen LogP contribution is -2.41. The van der Waals surface area contributed by atoms with Gasteiger partial charge in [-0.1, -0.05) is 26.8 Å². The highest BCUT2D eigenvalue weighted by Gasteiger charge is 2.24. The van der Waals surface area contributed by atoms with Crippen LogP contribution in [0.5, 0.6) is 0 Å². The lowest BCUT2D eigenvalue weighted by molar-refractivity contribution is 0.222. The number of thiazole rings is 1. The van der Waals surface area contributed by atoms with E-state index < -0.39 is 0 Å². The van der Waals surface area contributed by atoms with E-state index in [4.69, 9.17) is 0 Å². The van der Waals surface area contributed by atoms with E-state index in [0.29, 0.717) is 13.1 Å². The predicted octanol–water partition coefficient (Wildman–Crippen LogP) is 4.18. The van der Waals surface area contributed by atoms with Gasteiger partial charge in [0.1, 0.15) is 0 Å². The fourth-order valence-corrected chi connectivity index (χ4v) is 5.13. The van der Waals surface area contributed by atoms with Crippen molar-refractivity contribution < 1.29 is 4.79 Å². The first-order valence-electron chi connectivity index (χ1n) is 9.67. The van der Waals surface area contributed by atoms with Crippen molar-refractivity contribution >= 4 is 28.7 Å². The van der Waals surface area contributed by atoms with Gasteiger partial charge in [0, 0.05) is 35.2 Å². The standard InChI is InChI=1S/C20H30N4OS2/c1-20(2,3)17-14-27-18(23-17)8-9-21-19(25)22-13-15(16-7-6-12-26-16)24-10-4-5-11-24/h6-7,12,14-15H,4-5,8-11,13H2,1-3H3,(H2,21,22,25). The van der Waals surface area contributed by atoms with Gasteiger partial charge in [0.15, 0.2) is 0 Å². The first-order chi connectivity index (χ1) is 12.9. The molecule has 0 aliphatic carbocycles. The quantitative estimate of drug-likeness (QED) is 0.725. The number of carbonyl (C=O) groups is 1. The molecule has 1 unspecified atom stereocenters. The number of likely N-dealkylation sites (tertiary alicyclic amines) is 1. The molecule has 1 aliphatic rings. The summed E-state index contributed by atoms with van der Waals surface area (Å²) in [6, 6.07) is 4.45. The van der Waals surface area contributed by atoms with Crippen LogP contribution >= 0.6 is 22.7 Å². The average molecular weight is 407 g/mol. The fourth-order valence-electron chi connectivity index (χ4n) is 3.25. The molecule has 1 aliphatic heterocycles. The Labute approximate surface area is 170 Å². The maximum absolute atomic E-state index is 12.2. The third-order valence-electron chi connectivity index (χ3n) is 4.85. The second kappa shape index (κ2) is 9.17. The number of rotatable bonds is 7. The van der Waals surface area contributed by atoms with Crippen LogP contribution in [0.15, 0.2) is 22.9 Å². The molecule has 0 radical (unpaired) electrons. The van der Waals surface area contributed by atoms with E-state index in [9.17, 15) is 4.79 Å². The van der Waals surface area contributed by atoms with Crippen LogP contribution in [0, 0.1) is 0 Å². The maximum atomic E-state index is 12.2. The predicted molar refractivity (Wildman–Crippen MR) is 114 cm³/mol. The molecule has 3 rings (SSSR count). The van der Waals surface area contributed by atoms with Crippen molar-refractivity contribution in [1.82, 2.24) is 20.5 Å². The molecular formula is C20H30N4OS2. The third kappa shape index (κ3) is 5.77. The van der Waals surface area contributed by atoms with E-state index in [1.165, 1.54) is 17.7 Å². The number of nitrogens with zero attached hydrogens (tertiary/aromatic N) is 2. The Morgan fingerprint density at radius 3 is 2.67 bits per heavy atom. The van der Waals surface area contributed by atoms with Crippen molar-refractivity contribution in [3.8, 4) is 0 Å². The molecule has 7 heteroatoms. The molecule has 1 saturated heterocycles. The molecule has 0 spiro atoms. The van der Waals surface area contributed by atoms with Crippen molar-refractivity contribution in [2.45, 2.75) is 51.5 Å². The number of thiophene rings is 1. The van der Waals surface area contributed by atoms with Gasteiger partial charge in [-0.3, -0.25) is 4.90 Å². The molecule has 0 saturated carbocycles. The minimum absolute atomic E-state index is 0.0753. The van der Waals surface area contributed by atoms with Gasteiger partial charge >= 0.3 is 6.03 Å². The van der Waals surface area contributed by atoms with Gasteiger partial charge in [0.2, 0.25) is 0 Å². The summed E-state index contributed by atoms with van der Waals surface area (Å²) in [7, 11) is 0. The lowest BCUT2D eigenvalue weighted by Gasteiger charge is -2.26. The zero-order valence-corrected chi connectivity index (χ0v) is 18.1. The molecule has 0 bridgehead atoms. The summed E-state index contributed by atoms with van der Waals surface area (Å²) in [6.45, 7) is 10.00. The Morgan fingerprint density at radius 2 is 2.04 bits per heavy atom. The van der Waals surface area contributed by atoms with Gasteiger partial charge < -0.3 is 10.6 Å². The second-order valence-corrected chi connectivity index (χ2v) is 9.96. The number of carbonyl (C=O) groups excluding carboxylic acids is 1. The number of nitrogens with one attached hydrogen (secondary N) is 2. The van der Waals surface area contributed by atoms with E-state index >= 15 is 0 Å². The zero-order valence-electron chi connectivity index (χ0n) is 16.5. The minimum Gasteiger partial charge on any atom is -0.338 e. The van der Waals surface area contributed by atoms with Crippen LogP contribution in [-0.4, -0.2) is 42.1 Å². The van der Waals surface area contributed by atoms with E-state index in [0.717, 1.165) is 30.2 Å². The Morgan fingerprint density at radius 1 is 1.26 bits per heavy atom. The Bertz CT molecular complexity index is 715. The highest BCUT2D eigenvalue weighted by atomic mass is 32.1. The monoisotopic (exact) mass is 406 g/mol. The molecule has 3 heterocycles. The molecule has 2 amide bonds. The van der Waals surface area contributed by atoms with Crippen molar-refractivity contribution in [3.63, 3.8) is 0 Å². The van der Waals surface area contributed by atoms with Crippen molar-refractivity contribution in [1.29, 1.82) is 0 Å². The largest absolute Gasteiger partial charge is 0.338 e. The maximum Gasteiger partial charge on any atom is 0.314 e. The van der Waals surface area contributed by atoms with E-state index in [1.54, 1.807) is 22.7 Å². The summed E-state index contributed by atoms with van der Waals surface area (Å²) < 4.78 is 0. The van der Waals surface area contributed by atoms with Crippen molar-refractivity contribution in [3.05, 3.63) is 38.5 Å². The van der Waals surface area contributed by atoms with Crippen LogP contribution in [0.2, 0.25) is 0 Å². The summed E-state index contributed by atoms with van der Waals surface area (Å²) in [6.07, 6.45) is 3.27. The van der Waals surface area contributed by atoms with Gasteiger partial charge in [-0.15, -0.1) is 22.7 Å². The van der Waals surface area contributed by atoms with Crippen molar-refractivity contribution in [2.24, 2.45) is 0 Å². The topological polar surface area (TPSA) is 57.3 Å². The average Bonchev–Trinajstić information content (AvgIpc) is 3.37. The summed E-state index contributed by atoms with van der Waals surface area (Å²) >= 11 is 3.44. The third-order valence-corrected chi connectivity index (χ3v) is 6.74. The van der Waals surface area contributed by atoms with Crippen LogP contribution in [0.4, 0.5) is 4.79 Å². The summed E-state index contributed by atoms with van der Waals surface area (Å²) in [5, 5.41) is 11.3. The van der Waals surface area contributed by atoms with E-state index in [2.05, 4.69) is 64.2 Å². The molecule has 1 fully saturated rings. The molecule has 148 valence electrons. The fraction of sp³-hybridized carbons (Fsp3) is 0.600. The molecule has 27 heavy (non-hydrogen) atoms. The first-order valence-corrected chi connectivity index (χ1v) is 11.4. The van der Waals surface area contributed by atoms with Gasteiger partial charge in [-0.05, 0) is 37.4 Å². The van der Waals surface area contributed by atoms with Crippen LogP contribution in [0.25, 0.3) is 0 Å². The number of hydrogen-bond donors (Lipinski definition) is 2. The van der Waals surface area contributed by atoms with Crippen LogP contribution < -0.4 is 10.6 Å². The van der Waals surface area contributed by atoms with Crippen LogP contribution in [-0.2, 0) is 11.8 Å². The van der Waals surface area contributed by atoms with Gasteiger partial charge in [-0.25, -0.2) is 9.78 Å². The Hall–Kier alpha value is -1.44. The second-order valence-electron chi connectivity index (χ2n) is 8.04. The molecule has 2 aromatic rings. The molecule has 2 aromatic heterocycles. The van der Waals surface area contributed by atoms with Crippen LogP contribution in [0.3, 0.4) is 0 Å². The van der Waals surface area contributed by atoms with Crippen LogP contribution in [0.1, 0.15) is 55.2 Å². The SMILES string of the molecule is CC(C)(C)c1csc(CCNC(=O)NCC(c2cccs2)N2CCCC2)n1. The highest BCUT2D eigenvalue weighted by molar-refractivity contribution is 7.10. The smallest absolute Gasteiger partial charge is 0.314 e. The molecular weight excluding hydrogens is 376 g/mol. The first kappa shape index (κ1) is 20.3. The zero-order chi connectivity index (χ0) is 19.3. The minimum atomic E-state index is -0.0941. The molecule has 5 nitrogen and oxygen atoms in total. The number of amides is 2. The van der Waals surface area contributed by atoms with E-state index in [-0.39, 0.29) is 17.5 Å². The lowest BCUT2D eigenvalue weighted by atomic mass is 9.93. The number of hydrogen-bond acceptors (Lipinski definition) is 5. The summed E-state index contributed by atoms with van der Waals surface area (Å²) in [5.74, 6) is 0. The molecule has 1 atom stereocenters. The normalized spacial score (nSPS) is 16.4. The van der Waals surface area contributed by atoms with Crippen molar-refractivity contribution in [2.75, 3.05) is 26.2 Å². The number of urea groups is 1.